The first-order valence-corrected chi connectivity index (χ1v) is 3.68. The Hall–Kier alpha value is -1.63. The fourth-order valence-corrected chi connectivity index (χ4v) is 1.14. The molecule has 3 N–H and O–H groups in total. The zero-order valence-corrected chi connectivity index (χ0v) is 6.54. The lowest BCUT2D eigenvalue weighted by molar-refractivity contribution is -0.129. The topological polar surface area (TPSA) is 112 Å². The Morgan fingerprint density at radius 3 is 2.83 bits per heavy atom. The molecule has 0 fully saturated rings. The van der Waals surface area contributed by atoms with Crippen molar-refractivity contribution in [3.63, 3.8) is 0 Å². The van der Waals surface area contributed by atoms with Crippen LogP contribution in [0.4, 0.5) is 5.13 Å². The molecule has 64 valence electrons. The van der Waals surface area contributed by atoms with E-state index < -0.39 is 11.7 Å². The molecule has 1 aromatic heterocycles. The van der Waals surface area contributed by atoms with E-state index >= 15 is 0 Å². The third-order valence-electron chi connectivity index (χ3n) is 1.06. The number of carboxylic acid groups (broad SMARTS) is 1. The third-order valence-corrected chi connectivity index (χ3v) is 1.73. The first-order valence-electron chi connectivity index (χ1n) is 2.80. The monoisotopic (exact) mass is 186 g/mol. The van der Waals surface area contributed by atoms with Crippen molar-refractivity contribution in [2.75, 3.05) is 5.73 Å². The predicted octanol–water partition coefficient (Wildman–Crippen LogP) is 0.0968. The molecule has 0 saturated heterocycles. The Kier molecular flexibility index (Phi) is 2.24. The molecule has 12 heavy (non-hydrogen) atoms. The number of aliphatic carboxylic acids is 1. The van der Waals surface area contributed by atoms with Crippen LogP contribution in [0.2, 0.25) is 0 Å². The molecule has 0 unspecified atom stereocenters. The number of carboxylic acids is 1. The van der Waals surface area contributed by atoms with Crippen molar-refractivity contribution in [3.05, 3.63) is 16.3 Å². The van der Waals surface area contributed by atoms with E-state index in [1.54, 1.807) is 0 Å². The van der Waals surface area contributed by atoms with Crippen molar-refractivity contribution in [2.45, 2.75) is 0 Å². The number of nitrogens with zero attached hydrogens (tertiary/aromatic N) is 2. The number of aromatic nitrogens is 1. The first-order chi connectivity index (χ1) is 5.65. The fourth-order valence-electron chi connectivity index (χ4n) is 0.592. The second-order valence-electron chi connectivity index (χ2n) is 1.82. The van der Waals surface area contributed by atoms with Crippen LogP contribution in [0.5, 0.6) is 0 Å². The van der Waals surface area contributed by atoms with E-state index in [1.165, 1.54) is 5.38 Å². The molecule has 0 spiro atoms. The number of nitrogens with two attached hydrogens (primary N) is 1. The largest absolute Gasteiger partial charge is 0.791 e. The molecule has 7 heteroatoms. The maximum atomic E-state index is 10.3. The number of hydrogen-bond acceptors (Lipinski definition) is 6. The summed E-state index contributed by atoms with van der Waals surface area (Å²) in [5, 5.41) is 22.3. The molecule has 6 nitrogen and oxygen atoms in total. The number of carbonyl (C=O) groups is 1. The SMILES string of the molecule is Nc1nc(/C(=N/[O-])C(=O)O)cs1. The van der Waals surface area contributed by atoms with Crippen molar-refractivity contribution in [2.24, 2.45) is 5.16 Å². The molecular formula is C5H4N3O3S-. The first kappa shape index (κ1) is 8.47. The minimum Gasteiger partial charge on any atom is -0.791 e. The Bertz CT molecular complexity index is 332. The van der Waals surface area contributed by atoms with Gasteiger partial charge in [0.15, 0.2) is 10.8 Å². The standard InChI is InChI=1S/C5H5N3O3S/c6-5-7-2(1-12-5)3(8-11)4(9)10/h1,11H,(H2,6,7)(H,9,10)/p-1/b8-3-. The summed E-state index contributed by atoms with van der Waals surface area (Å²) in [7, 11) is 0. The number of rotatable bonds is 2. The fraction of sp³-hybridized carbons (Fsp3) is 0. The molecular weight excluding hydrogens is 182 g/mol. The molecule has 1 aromatic rings. The number of nitrogen functional groups attached to an aromatic ring is 1. The van der Waals surface area contributed by atoms with Gasteiger partial charge in [0, 0.05) is 5.38 Å². The minimum absolute atomic E-state index is 0.000000000000000222. The zero-order valence-electron chi connectivity index (χ0n) is 5.72. The van der Waals surface area contributed by atoms with E-state index in [0.717, 1.165) is 11.3 Å². The number of anilines is 1. The summed E-state index contributed by atoms with van der Waals surface area (Å²) in [6.45, 7) is 0. The van der Waals surface area contributed by atoms with Gasteiger partial charge in [-0.15, -0.1) is 11.3 Å². The maximum Gasteiger partial charge on any atom is 0.355 e. The Morgan fingerprint density at radius 1 is 1.83 bits per heavy atom. The second kappa shape index (κ2) is 3.18. The smallest absolute Gasteiger partial charge is 0.355 e. The lowest BCUT2D eigenvalue weighted by Gasteiger charge is -1.97. The molecule has 0 atom stereocenters. The maximum absolute atomic E-state index is 10.3. The van der Waals surface area contributed by atoms with Gasteiger partial charge < -0.3 is 21.2 Å². The molecule has 0 radical (unpaired) electrons. The van der Waals surface area contributed by atoms with E-state index in [4.69, 9.17) is 10.8 Å². The van der Waals surface area contributed by atoms with Gasteiger partial charge in [-0.1, -0.05) is 0 Å². The van der Waals surface area contributed by atoms with Crippen molar-refractivity contribution < 1.29 is 9.90 Å². The van der Waals surface area contributed by atoms with Crippen LogP contribution < -0.4 is 5.73 Å². The van der Waals surface area contributed by atoms with Crippen LogP contribution >= 0.6 is 11.3 Å². The minimum atomic E-state index is -1.41. The normalized spacial score (nSPS) is 11.5. The quantitative estimate of drug-likeness (QED) is 0.502. The van der Waals surface area contributed by atoms with Crippen molar-refractivity contribution in [3.8, 4) is 0 Å². The molecule has 0 aliphatic rings. The van der Waals surface area contributed by atoms with E-state index in [2.05, 4.69) is 10.1 Å². The highest BCUT2D eigenvalue weighted by molar-refractivity contribution is 7.13. The van der Waals surface area contributed by atoms with Gasteiger partial charge in [-0.05, 0) is 0 Å². The van der Waals surface area contributed by atoms with Gasteiger partial charge in [-0.2, -0.15) is 0 Å². The van der Waals surface area contributed by atoms with Crippen molar-refractivity contribution in [1.82, 2.24) is 4.98 Å². The van der Waals surface area contributed by atoms with E-state index in [1.807, 2.05) is 0 Å². The predicted molar refractivity (Wildman–Crippen MR) is 44.1 cm³/mol. The van der Waals surface area contributed by atoms with E-state index in [0.29, 0.717) is 0 Å². The van der Waals surface area contributed by atoms with Gasteiger partial charge >= 0.3 is 5.97 Å². The van der Waals surface area contributed by atoms with Gasteiger partial charge in [0.1, 0.15) is 5.69 Å². The van der Waals surface area contributed by atoms with E-state index in [9.17, 15) is 10.0 Å². The Balaban J connectivity index is 3.04. The van der Waals surface area contributed by atoms with Crippen LogP contribution in [0.1, 0.15) is 5.69 Å². The highest BCUT2D eigenvalue weighted by Crippen LogP contribution is 2.11. The third kappa shape index (κ3) is 1.51. The van der Waals surface area contributed by atoms with Gasteiger partial charge in [0.2, 0.25) is 0 Å². The van der Waals surface area contributed by atoms with Crippen LogP contribution in [-0.2, 0) is 4.79 Å². The van der Waals surface area contributed by atoms with Gasteiger partial charge in [-0.25, -0.2) is 9.78 Å². The van der Waals surface area contributed by atoms with Gasteiger partial charge in [-0.3, -0.25) is 0 Å². The molecule has 1 rings (SSSR count). The summed E-state index contributed by atoms with van der Waals surface area (Å²) >= 11 is 1.05. The van der Waals surface area contributed by atoms with Crippen molar-refractivity contribution >= 4 is 28.1 Å². The summed E-state index contributed by atoms with van der Waals surface area (Å²) < 4.78 is 0. The van der Waals surface area contributed by atoms with Gasteiger partial charge in [0.25, 0.3) is 0 Å². The number of hydrogen-bond donors (Lipinski definition) is 2. The zero-order chi connectivity index (χ0) is 9.14. The molecule has 0 aliphatic heterocycles. The number of thiazole rings is 1. The highest BCUT2D eigenvalue weighted by Gasteiger charge is 2.13. The van der Waals surface area contributed by atoms with Crippen LogP contribution in [-0.4, -0.2) is 21.8 Å². The van der Waals surface area contributed by atoms with Crippen LogP contribution in [0, 0.1) is 5.21 Å². The average molecular weight is 186 g/mol. The van der Waals surface area contributed by atoms with Crippen LogP contribution in [0.25, 0.3) is 0 Å². The summed E-state index contributed by atoms with van der Waals surface area (Å²) in [6.07, 6.45) is 0. The molecule has 0 aliphatic carbocycles. The Labute approximate surface area is 71.0 Å². The van der Waals surface area contributed by atoms with Crippen LogP contribution in [0.15, 0.2) is 10.5 Å². The van der Waals surface area contributed by atoms with Crippen molar-refractivity contribution in [1.29, 1.82) is 0 Å². The summed E-state index contributed by atoms with van der Waals surface area (Å²) in [4.78, 5) is 13.9. The molecule has 0 bridgehead atoms. The molecule has 0 amide bonds. The lowest BCUT2D eigenvalue weighted by atomic mass is 10.3. The summed E-state index contributed by atoms with van der Waals surface area (Å²) in [5.41, 5.74) is 4.61. The van der Waals surface area contributed by atoms with E-state index in [-0.39, 0.29) is 10.8 Å². The van der Waals surface area contributed by atoms with Gasteiger partial charge in [0.05, 0.1) is 0 Å². The lowest BCUT2D eigenvalue weighted by Crippen LogP contribution is -2.14. The highest BCUT2D eigenvalue weighted by atomic mass is 32.1. The van der Waals surface area contributed by atoms with Crippen LogP contribution in [0.3, 0.4) is 0 Å². The molecule has 0 saturated carbocycles. The summed E-state index contributed by atoms with van der Waals surface area (Å²) in [6, 6.07) is 0. The summed E-state index contributed by atoms with van der Waals surface area (Å²) in [5.74, 6) is -1.41. The average Bonchev–Trinajstić information content (AvgIpc) is 2.37. The molecule has 1 heterocycles. The molecule has 0 aromatic carbocycles. The second-order valence-corrected chi connectivity index (χ2v) is 2.71. The Morgan fingerprint density at radius 2 is 2.50 bits per heavy atom.